The number of urea groups is 1. The maximum Gasteiger partial charge on any atom is 0.329 e. The third-order valence-corrected chi connectivity index (χ3v) is 5.89. The first-order valence-electron chi connectivity index (χ1n) is 9.41. The largest absolute Gasteiger partial charge is 0.329 e. The van der Waals surface area contributed by atoms with Crippen LogP contribution >= 0.6 is 23.4 Å². The van der Waals surface area contributed by atoms with E-state index in [0.717, 1.165) is 26.5 Å². The van der Waals surface area contributed by atoms with Crippen molar-refractivity contribution >= 4 is 41.4 Å². The number of hydrogen-bond acceptors (Lipinski definition) is 3. The molecule has 1 aliphatic rings. The molecule has 0 unspecified atom stereocenters. The number of carbonyl (C=O) groups excluding carboxylic acids is 2. The van der Waals surface area contributed by atoms with Gasteiger partial charge in [0.05, 0.1) is 6.54 Å². The maximum absolute atomic E-state index is 12.7. The molecule has 1 fully saturated rings. The minimum absolute atomic E-state index is 0.250. The molecule has 0 atom stereocenters. The van der Waals surface area contributed by atoms with Crippen molar-refractivity contribution in [3.8, 4) is 0 Å². The van der Waals surface area contributed by atoms with Crippen LogP contribution in [-0.2, 0) is 11.3 Å². The van der Waals surface area contributed by atoms with Crippen molar-refractivity contribution in [2.45, 2.75) is 23.3 Å². The smallest absolute Gasteiger partial charge is 0.303 e. The predicted molar refractivity (Wildman–Crippen MR) is 120 cm³/mol. The van der Waals surface area contributed by atoms with Gasteiger partial charge in [0.1, 0.15) is 5.70 Å². The van der Waals surface area contributed by atoms with Crippen LogP contribution in [0.1, 0.15) is 16.7 Å². The summed E-state index contributed by atoms with van der Waals surface area (Å²) in [6.07, 6.45) is 1.70. The Labute approximate surface area is 184 Å². The summed E-state index contributed by atoms with van der Waals surface area (Å²) in [7, 11) is 0. The molecule has 0 aliphatic carbocycles. The number of imide groups is 1. The summed E-state index contributed by atoms with van der Waals surface area (Å²) < 4.78 is 0. The molecule has 0 saturated carbocycles. The number of halogens is 1. The third kappa shape index (κ3) is 4.75. The van der Waals surface area contributed by atoms with Gasteiger partial charge in [-0.15, -0.1) is 0 Å². The lowest BCUT2D eigenvalue weighted by molar-refractivity contribution is -0.123. The van der Waals surface area contributed by atoms with Crippen LogP contribution in [0.5, 0.6) is 0 Å². The number of carbonyl (C=O) groups is 2. The summed E-state index contributed by atoms with van der Waals surface area (Å²) in [5.41, 5.74) is 3.14. The minimum Gasteiger partial charge on any atom is -0.303 e. The maximum atomic E-state index is 12.7. The molecular formula is C24H19ClN2O2S. The zero-order valence-corrected chi connectivity index (χ0v) is 17.8. The zero-order chi connectivity index (χ0) is 21.1. The number of rotatable bonds is 5. The van der Waals surface area contributed by atoms with Crippen LogP contribution in [0.25, 0.3) is 6.08 Å². The molecule has 1 aliphatic heterocycles. The molecule has 150 valence electrons. The highest BCUT2D eigenvalue weighted by Crippen LogP contribution is 2.29. The van der Waals surface area contributed by atoms with Gasteiger partial charge < -0.3 is 5.32 Å². The average Bonchev–Trinajstić information content (AvgIpc) is 2.99. The second-order valence-electron chi connectivity index (χ2n) is 6.99. The summed E-state index contributed by atoms with van der Waals surface area (Å²) in [4.78, 5) is 28.4. The van der Waals surface area contributed by atoms with E-state index >= 15 is 0 Å². The first-order chi connectivity index (χ1) is 14.5. The van der Waals surface area contributed by atoms with Crippen molar-refractivity contribution in [1.82, 2.24) is 10.2 Å². The van der Waals surface area contributed by atoms with Crippen LogP contribution < -0.4 is 5.32 Å². The SMILES string of the molecule is Cc1cccc(CN2C(=O)N/C(=C/c3ccc(Sc4ccc(Cl)cc4)cc3)C2=O)c1. The van der Waals surface area contributed by atoms with Crippen molar-refractivity contribution < 1.29 is 9.59 Å². The van der Waals surface area contributed by atoms with Gasteiger partial charge in [-0.25, -0.2) is 4.79 Å². The Hall–Kier alpha value is -3.02. The van der Waals surface area contributed by atoms with E-state index in [2.05, 4.69) is 5.32 Å². The molecule has 4 rings (SSSR count). The van der Waals surface area contributed by atoms with Crippen molar-refractivity contribution in [3.63, 3.8) is 0 Å². The van der Waals surface area contributed by atoms with Crippen LogP contribution in [0.15, 0.2) is 88.3 Å². The Morgan fingerprint density at radius 2 is 1.63 bits per heavy atom. The minimum atomic E-state index is -0.400. The highest BCUT2D eigenvalue weighted by molar-refractivity contribution is 7.99. The van der Waals surface area contributed by atoms with Gasteiger partial charge in [-0.1, -0.05) is 65.3 Å². The number of hydrogen-bond donors (Lipinski definition) is 1. The van der Waals surface area contributed by atoms with Gasteiger partial charge in [0.2, 0.25) is 0 Å². The van der Waals surface area contributed by atoms with Crippen molar-refractivity contribution in [2.75, 3.05) is 0 Å². The first-order valence-corrected chi connectivity index (χ1v) is 10.6. The Balaban J connectivity index is 1.45. The van der Waals surface area contributed by atoms with E-state index in [1.54, 1.807) is 17.8 Å². The quantitative estimate of drug-likeness (QED) is 0.402. The Bertz CT molecular complexity index is 1120. The van der Waals surface area contributed by atoms with E-state index in [4.69, 9.17) is 11.6 Å². The summed E-state index contributed by atoms with van der Waals surface area (Å²) >= 11 is 7.55. The summed E-state index contributed by atoms with van der Waals surface area (Å²) in [6.45, 7) is 2.23. The van der Waals surface area contributed by atoms with Crippen LogP contribution in [0.3, 0.4) is 0 Å². The van der Waals surface area contributed by atoms with Gasteiger partial charge in [-0.3, -0.25) is 9.69 Å². The summed E-state index contributed by atoms with van der Waals surface area (Å²) in [6, 6.07) is 22.9. The van der Waals surface area contributed by atoms with Crippen molar-refractivity contribution in [3.05, 3.63) is 100 Å². The molecule has 1 N–H and O–H groups in total. The molecule has 0 bridgehead atoms. The second kappa shape index (κ2) is 8.78. The summed E-state index contributed by atoms with van der Waals surface area (Å²) in [5.74, 6) is -0.318. The van der Waals surface area contributed by atoms with Gasteiger partial charge in [0, 0.05) is 14.8 Å². The fourth-order valence-electron chi connectivity index (χ4n) is 3.15. The number of aryl methyl sites for hydroxylation is 1. The Morgan fingerprint density at radius 3 is 2.30 bits per heavy atom. The first kappa shape index (κ1) is 20.3. The van der Waals surface area contributed by atoms with E-state index in [0.29, 0.717) is 5.02 Å². The Kier molecular flexibility index (Phi) is 5.93. The predicted octanol–water partition coefficient (Wildman–Crippen LogP) is 5.89. The van der Waals surface area contributed by atoms with E-state index in [9.17, 15) is 9.59 Å². The molecule has 0 spiro atoms. The standard InChI is InChI=1S/C24H19ClN2O2S/c1-16-3-2-4-18(13-16)15-27-23(28)22(26-24(27)29)14-17-5-9-20(10-6-17)30-21-11-7-19(25)8-12-21/h2-14H,15H2,1H3,(H,26,29)/b22-14+. The van der Waals surface area contributed by atoms with Gasteiger partial charge in [-0.2, -0.15) is 0 Å². The van der Waals surface area contributed by atoms with Crippen LogP contribution in [0.4, 0.5) is 4.79 Å². The number of nitrogens with one attached hydrogen (secondary N) is 1. The lowest BCUT2D eigenvalue weighted by Crippen LogP contribution is -2.30. The molecule has 30 heavy (non-hydrogen) atoms. The molecule has 4 nitrogen and oxygen atoms in total. The molecular weight excluding hydrogens is 416 g/mol. The monoisotopic (exact) mass is 434 g/mol. The molecule has 3 aromatic rings. The van der Waals surface area contributed by atoms with Gasteiger partial charge in [0.25, 0.3) is 5.91 Å². The number of benzene rings is 3. The van der Waals surface area contributed by atoms with Crippen LogP contribution in [0, 0.1) is 6.92 Å². The van der Waals surface area contributed by atoms with Crippen LogP contribution in [-0.4, -0.2) is 16.8 Å². The third-order valence-electron chi connectivity index (χ3n) is 4.63. The average molecular weight is 435 g/mol. The zero-order valence-electron chi connectivity index (χ0n) is 16.3. The van der Waals surface area contributed by atoms with E-state index in [-0.39, 0.29) is 18.1 Å². The summed E-state index contributed by atoms with van der Waals surface area (Å²) in [5, 5.41) is 3.39. The Morgan fingerprint density at radius 1 is 0.967 bits per heavy atom. The molecule has 1 heterocycles. The fourth-order valence-corrected chi connectivity index (χ4v) is 4.09. The molecule has 1 saturated heterocycles. The normalized spacial score (nSPS) is 15.0. The molecule has 0 aromatic heterocycles. The van der Waals surface area contributed by atoms with Crippen molar-refractivity contribution in [1.29, 1.82) is 0 Å². The second-order valence-corrected chi connectivity index (χ2v) is 8.58. The van der Waals surface area contributed by atoms with Crippen molar-refractivity contribution in [2.24, 2.45) is 0 Å². The van der Waals surface area contributed by atoms with E-state index in [1.807, 2.05) is 79.7 Å². The highest BCUT2D eigenvalue weighted by atomic mass is 35.5. The highest BCUT2D eigenvalue weighted by Gasteiger charge is 2.33. The van der Waals surface area contributed by atoms with Gasteiger partial charge in [0.15, 0.2) is 0 Å². The number of amides is 3. The lowest BCUT2D eigenvalue weighted by atomic mass is 10.1. The number of nitrogens with zero attached hydrogens (tertiary/aromatic N) is 1. The van der Waals surface area contributed by atoms with Gasteiger partial charge in [-0.05, 0) is 60.5 Å². The van der Waals surface area contributed by atoms with E-state index in [1.165, 1.54) is 4.90 Å². The molecule has 0 radical (unpaired) electrons. The molecule has 3 aromatic carbocycles. The van der Waals surface area contributed by atoms with Gasteiger partial charge >= 0.3 is 6.03 Å². The van der Waals surface area contributed by atoms with E-state index < -0.39 is 6.03 Å². The lowest BCUT2D eigenvalue weighted by Gasteiger charge is -2.12. The molecule has 3 amide bonds. The molecule has 6 heteroatoms. The fraction of sp³-hybridized carbons (Fsp3) is 0.0833. The van der Waals surface area contributed by atoms with Crippen LogP contribution in [0.2, 0.25) is 5.02 Å². The topological polar surface area (TPSA) is 49.4 Å².